The highest BCUT2D eigenvalue weighted by atomic mass is 35.5. The van der Waals surface area contributed by atoms with Crippen molar-refractivity contribution in [3.63, 3.8) is 0 Å². The van der Waals surface area contributed by atoms with Crippen LogP contribution in [0.4, 0.5) is 5.69 Å². The summed E-state index contributed by atoms with van der Waals surface area (Å²) in [6.45, 7) is 16.2. The summed E-state index contributed by atoms with van der Waals surface area (Å²) >= 11 is 6.17. The maximum atomic E-state index is 13.0. The molecule has 1 atom stereocenters. The number of nitrogens with one attached hydrogen (secondary N) is 1. The number of pyridine rings is 1. The molecular weight excluding hydrogens is 458 g/mol. The van der Waals surface area contributed by atoms with E-state index in [-0.39, 0.29) is 5.41 Å². The van der Waals surface area contributed by atoms with Gasteiger partial charge in [-0.2, -0.15) is 0 Å². The van der Waals surface area contributed by atoms with E-state index in [2.05, 4.69) is 40.7 Å². The Morgan fingerprint density at radius 3 is 2.21 bits per heavy atom. The van der Waals surface area contributed by atoms with Gasteiger partial charge in [0.25, 0.3) is 0 Å². The molecule has 9 heteroatoms. The Labute approximate surface area is 204 Å². The number of hydrogen-bond acceptors (Lipinski definition) is 5. The monoisotopic (exact) mass is 491 g/mol. The summed E-state index contributed by atoms with van der Waals surface area (Å²) in [6, 6.07) is 9.32. The van der Waals surface area contributed by atoms with E-state index in [1.165, 1.54) is 6.20 Å². The van der Waals surface area contributed by atoms with Crippen molar-refractivity contribution in [2.75, 3.05) is 4.72 Å². The minimum Gasteiger partial charge on any atom is -0.382 e. The predicted molar refractivity (Wildman–Crippen MR) is 136 cm³/mol. The van der Waals surface area contributed by atoms with Gasteiger partial charge in [0.05, 0.1) is 15.6 Å². The fourth-order valence-electron chi connectivity index (χ4n) is 3.16. The van der Waals surface area contributed by atoms with Crippen LogP contribution in [0.3, 0.4) is 0 Å². The molecule has 3 aromatic rings. The molecule has 0 saturated carbocycles. The zero-order valence-corrected chi connectivity index (χ0v) is 22.2. The first-order valence-electron chi connectivity index (χ1n) is 11.0. The molecule has 2 N–H and O–H groups in total. The Morgan fingerprint density at radius 1 is 1.09 bits per heavy atom. The third-order valence-corrected chi connectivity index (χ3v) is 6.13. The zero-order valence-electron chi connectivity index (χ0n) is 20.6. The molecular formula is C24H34ClN5O2S. The molecule has 3 rings (SSSR count). The number of aromatic nitrogens is 4. The smallest absolute Gasteiger partial charge is 0.184 e. The minimum atomic E-state index is -1.54. The number of nitrogens with zero attached hydrogens (tertiary/aromatic N) is 4. The molecule has 0 fully saturated rings. The standard InChI is InChI=1S/C22H28ClN5O2S.C2H6/c1-7-28-19(25-26-20(28)22(5,6)29)18-17(12-15(23)13-24-18)27-31(30)16-10-8-14(9-11-16)21(2,3)4;1-2/h8-13,27,29H,7H2,1-6H3;1-2H3. The lowest BCUT2D eigenvalue weighted by Crippen LogP contribution is -2.22. The quantitative estimate of drug-likeness (QED) is 0.461. The summed E-state index contributed by atoms with van der Waals surface area (Å²) in [6.07, 6.45) is 1.50. The number of benzene rings is 1. The molecule has 1 unspecified atom stereocenters. The topological polar surface area (TPSA) is 92.9 Å². The highest BCUT2D eigenvalue weighted by Crippen LogP contribution is 2.31. The maximum absolute atomic E-state index is 13.0. The van der Waals surface area contributed by atoms with Crippen LogP contribution in [-0.2, 0) is 28.5 Å². The van der Waals surface area contributed by atoms with Gasteiger partial charge in [-0.3, -0.25) is 4.72 Å². The molecule has 1 aromatic carbocycles. The summed E-state index contributed by atoms with van der Waals surface area (Å²) in [4.78, 5) is 5.04. The average Bonchev–Trinajstić information content (AvgIpc) is 3.19. The Morgan fingerprint density at radius 2 is 1.70 bits per heavy atom. The average molecular weight is 492 g/mol. The van der Waals surface area contributed by atoms with E-state index in [0.29, 0.717) is 39.5 Å². The number of hydrogen-bond donors (Lipinski definition) is 2. The van der Waals surface area contributed by atoms with Crippen LogP contribution in [0.15, 0.2) is 41.4 Å². The molecule has 2 heterocycles. The van der Waals surface area contributed by atoms with Gasteiger partial charge in [-0.05, 0) is 49.9 Å². The fourth-order valence-corrected chi connectivity index (χ4v) is 4.18. The second-order valence-corrected chi connectivity index (χ2v) is 10.5. The maximum Gasteiger partial charge on any atom is 0.184 e. The van der Waals surface area contributed by atoms with Gasteiger partial charge in [-0.25, -0.2) is 9.19 Å². The summed E-state index contributed by atoms with van der Waals surface area (Å²) in [5.41, 5.74) is 0.927. The SMILES string of the molecule is CC.CCn1c(-c2ncc(Cl)cc2NS(=O)c2ccc(C(C)(C)C)cc2)nnc1C(C)(C)O. The van der Waals surface area contributed by atoms with Crippen LogP contribution in [0.5, 0.6) is 0 Å². The van der Waals surface area contributed by atoms with Gasteiger partial charge >= 0.3 is 0 Å². The molecule has 0 bridgehead atoms. The summed E-state index contributed by atoms with van der Waals surface area (Å²) < 4.78 is 17.8. The molecule has 7 nitrogen and oxygen atoms in total. The van der Waals surface area contributed by atoms with Gasteiger partial charge in [0.2, 0.25) is 0 Å². The molecule has 0 spiro atoms. The first kappa shape index (κ1) is 27.0. The number of anilines is 1. The van der Waals surface area contributed by atoms with Crippen LogP contribution in [-0.4, -0.2) is 29.1 Å². The fraction of sp³-hybridized carbons (Fsp3) is 0.458. The first-order valence-corrected chi connectivity index (χ1v) is 12.6. The van der Waals surface area contributed by atoms with Crippen LogP contribution >= 0.6 is 11.6 Å². The number of halogens is 1. The summed E-state index contributed by atoms with van der Waals surface area (Å²) in [5, 5.41) is 19.2. The third kappa shape index (κ3) is 6.40. The lowest BCUT2D eigenvalue weighted by molar-refractivity contribution is 0.0646. The first-order chi connectivity index (χ1) is 15.4. The van der Waals surface area contributed by atoms with E-state index in [0.717, 1.165) is 5.56 Å². The van der Waals surface area contributed by atoms with Crippen LogP contribution in [0.25, 0.3) is 11.5 Å². The number of rotatable bonds is 6. The lowest BCUT2D eigenvalue weighted by atomic mass is 9.87. The van der Waals surface area contributed by atoms with Crippen molar-refractivity contribution in [1.29, 1.82) is 0 Å². The molecule has 0 amide bonds. The molecule has 0 aliphatic heterocycles. The van der Waals surface area contributed by atoms with Crippen molar-refractivity contribution in [2.24, 2.45) is 0 Å². The van der Waals surface area contributed by atoms with Gasteiger partial charge in [-0.15, -0.1) is 10.2 Å². The molecule has 0 aliphatic rings. The third-order valence-electron chi connectivity index (χ3n) is 4.82. The van der Waals surface area contributed by atoms with Crippen LogP contribution < -0.4 is 4.72 Å². The minimum absolute atomic E-state index is 0.0138. The molecule has 0 radical (unpaired) electrons. The van der Waals surface area contributed by atoms with E-state index in [4.69, 9.17) is 11.6 Å². The van der Waals surface area contributed by atoms with E-state index in [9.17, 15) is 9.32 Å². The molecule has 2 aromatic heterocycles. The summed E-state index contributed by atoms with van der Waals surface area (Å²) in [7, 11) is -1.54. The Balaban J connectivity index is 0.00000187. The van der Waals surface area contributed by atoms with Crippen molar-refractivity contribution in [2.45, 2.75) is 77.8 Å². The van der Waals surface area contributed by atoms with Crippen molar-refractivity contribution in [3.8, 4) is 11.5 Å². The normalized spacial score (nSPS) is 12.7. The molecule has 33 heavy (non-hydrogen) atoms. The van der Waals surface area contributed by atoms with Gasteiger partial charge in [0.15, 0.2) is 11.6 Å². The van der Waals surface area contributed by atoms with Gasteiger partial charge in [-0.1, -0.05) is 58.4 Å². The van der Waals surface area contributed by atoms with E-state index in [1.54, 1.807) is 24.5 Å². The van der Waals surface area contributed by atoms with Crippen LogP contribution in [0.2, 0.25) is 5.02 Å². The number of aliphatic hydroxyl groups is 1. The van der Waals surface area contributed by atoms with Gasteiger partial charge in [0, 0.05) is 12.7 Å². The Hall–Kier alpha value is -2.29. The van der Waals surface area contributed by atoms with Gasteiger partial charge in [0.1, 0.15) is 22.3 Å². The predicted octanol–water partition coefficient (Wildman–Crippen LogP) is 5.70. The molecule has 0 saturated heterocycles. The van der Waals surface area contributed by atoms with E-state index >= 15 is 0 Å². The largest absolute Gasteiger partial charge is 0.382 e. The van der Waals surface area contributed by atoms with Crippen molar-refractivity contribution in [3.05, 3.63) is 52.9 Å². The van der Waals surface area contributed by atoms with E-state index < -0.39 is 16.6 Å². The second-order valence-electron chi connectivity index (χ2n) is 8.85. The second kappa shape index (κ2) is 10.8. The Bertz CT molecular complexity index is 1100. The highest BCUT2D eigenvalue weighted by molar-refractivity contribution is 7.86. The Kier molecular flexibility index (Phi) is 8.79. The summed E-state index contributed by atoms with van der Waals surface area (Å²) in [5.74, 6) is 0.880. The lowest BCUT2D eigenvalue weighted by Gasteiger charge is -2.19. The zero-order chi connectivity index (χ0) is 25.0. The highest BCUT2D eigenvalue weighted by Gasteiger charge is 2.27. The molecule has 0 aliphatic carbocycles. The molecule has 180 valence electrons. The van der Waals surface area contributed by atoms with Crippen molar-refractivity contribution in [1.82, 2.24) is 19.7 Å². The van der Waals surface area contributed by atoms with Gasteiger partial charge < -0.3 is 9.67 Å². The van der Waals surface area contributed by atoms with E-state index in [1.807, 2.05) is 45.0 Å². The van der Waals surface area contributed by atoms with Crippen molar-refractivity contribution >= 4 is 28.3 Å². The van der Waals surface area contributed by atoms with Crippen LogP contribution in [0.1, 0.15) is 66.8 Å². The van der Waals surface area contributed by atoms with Crippen molar-refractivity contribution < 1.29 is 9.32 Å². The van der Waals surface area contributed by atoms with Crippen LogP contribution in [0, 0.1) is 0 Å².